The highest BCUT2D eigenvalue weighted by Gasteiger charge is 2.31. The van der Waals surface area contributed by atoms with E-state index >= 15 is 0 Å². The SMILES string of the molecule is CN(Cc1nnc2n1CCNC2=O)c1ccc(C(F)(F)F)cn1. The fraction of sp³-hybridized carbons (Fsp3) is 0.385. The van der Waals surface area contributed by atoms with Gasteiger partial charge in [0.1, 0.15) is 5.82 Å². The molecule has 1 amide bonds. The summed E-state index contributed by atoms with van der Waals surface area (Å²) in [5.41, 5.74) is -0.800. The first-order valence-corrected chi connectivity index (χ1v) is 6.81. The number of nitrogens with one attached hydrogen (secondary N) is 1. The van der Waals surface area contributed by atoms with Crippen molar-refractivity contribution in [3.8, 4) is 0 Å². The number of carbonyl (C=O) groups excluding carboxylic acids is 1. The molecule has 0 bridgehead atoms. The van der Waals surface area contributed by atoms with Crippen LogP contribution in [0.4, 0.5) is 19.0 Å². The summed E-state index contributed by atoms with van der Waals surface area (Å²) in [6.45, 7) is 1.31. The van der Waals surface area contributed by atoms with Crippen LogP contribution in [0.5, 0.6) is 0 Å². The van der Waals surface area contributed by atoms with Crippen molar-refractivity contribution in [1.82, 2.24) is 25.1 Å². The molecule has 1 N–H and O–H groups in total. The predicted molar refractivity (Wildman–Crippen MR) is 73.7 cm³/mol. The Labute approximate surface area is 129 Å². The third-order valence-corrected chi connectivity index (χ3v) is 3.50. The van der Waals surface area contributed by atoms with E-state index in [0.29, 0.717) is 24.7 Å². The topological polar surface area (TPSA) is 75.9 Å². The first kappa shape index (κ1) is 15.3. The van der Waals surface area contributed by atoms with Crippen LogP contribution in [-0.4, -0.2) is 39.2 Å². The number of amides is 1. The van der Waals surface area contributed by atoms with Crippen molar-refractivity contribution in [1.29, 1.82) is 0 Å². The molecular weight excluding hydrogens is 313 g/mol. The number of hydrogen-bond acceptors (Lipinski definition) is 5. The summed E-state index contributed by atoms with van der Waals surface area (Å²) >= 11 is 0. The van der Waals surface area contributed by atoms with Crippen molar-refractivity contribution >= 4 is 11.7 Å². The van der Waals surface area contributed by atoms with Gasteiger partial charge in [0.15, 0.2) is 5.82 Å². The predicted octanol–water partition coefficient (Wildman–Crippen LogP) is 1.07. The van der Waals surface area contributed by atoms with Gasteiger partial charge in [0.25, 0.3) is 5.91 Å². The normalized spacial score (nSPS) is 14.3. The van der Waals surface area contributed by atoms with Crippen LogP contribution in [0.1, 0.15) is 22.0 Å². The van der Waals surface area contributed by atoms with Gasteiger partial charge in [0.2, 0.25) is 5.82 Å². The van der Waals surface area contributed by atoms with E-state index in [9.17, 15) is 18.0 Å². The van der Waals surface area contributed by atoms with Crippen LogP contribution < -0.4 is 10.2 Å². The van der Waals surface area contributed by atoms with E-state index in [2.05, 4.69) is 20.5 Å². The first-order chi connectivity index (χ1) is 10.9. The molecule has 0 saturated heterocycles. The van der Waals surface area contributed by atoms with Gasteiger partial charge in [-0.05, 0) is 12.1 Å². The summed E-state index contributed by atoms with van der Waals surface area (Å²) in [6.07, 6.45) is -3.62. The minimum Gasteiger partial charge on any atom is -0.352 e. The summed E-state index contributed by atoms with van der Waals surface area (Å²) < 4.78 is 39.3. The number of pyridine rings is 1. The second-order valence-electron chi connectivity index (χ2n) is 5.11. The van der Waals surface area contributed by atoms with E-state index in [4.69, 9.17) is 0 Å². The van der Waals surface area contributed by atoms with Crippen LogP contribution in [0.25, 0.3) is 0 Å². The molecule has 0 aliphatic carbocycles. The van der Waals surface area contributed by atoms with Crippen LogP contribution in [0, 0.1) is 0 Å². The number of alkyl halides is 3. The van der Waals surface area contributed by atoms with Crippen LogP contribution in [-0.2, 0) is 19.3 Å². The van der Waals surface area contributed by atoms with Gasteiger partial charge in [-0.15, -0.1) is 10.2 Å². The molecular formula is C13H13F3N6O. The third kappa shape index (κ3) is 2.96. The van der Waals surface area contributed by atoms with Crippen molar-refractivity contribution in [3.63, 3.8) is 0 Å². The second-order valence-corrected chi connectivity index (χ2v) is 5.11. The number of rotatable bonds is 3. The van der Waals surface area contributed by atoms with E-state index < -0.39 is 11.7 Å². The fourth-order valence-electron chi connectivity index (χ4n) is 2.29. The van der Waals surface area contributed by atoms with Crippen LogP contribution in [0.2, 0.25) is 0 Å². The number of carbonyl (C=O) groups is 1. The van der Waals surface area contributed by atoms with Crippen LogP contribution in [0.3, 0.4) is 0 Å². The summed E-state index contributed by atoms with van der Waals surface area (Å²) in [4.78, 5) is 17.1. The molecule has 10 heteroatoms. The molecule has 3 heterocycles. The van der Waals surface area contributed by atoms with Crippen molar-refractivity contribution in [2.75, 3.05) is 18.5 Å². The number of hydrogen-bond donors (Lipinski definition) is 1. The lowest BCUT2D eigenvalue weighted by molar-refractivity contribution is -0.137. The fourth-order valence-corrected chi connectivity index (χ4v) is 2.29. The molecule has 0 saturated carbocycles. The van der Waals surface area contributed by atoms with Gasteiger partial charge in [-0.25, -0.2) is 4.98 Å². The van der Waals surface area contributed by atoms with Gasteiger partial charge < -0.3 is 14.8 Å². The van der Waals surface area contributed by atoms with Crippen LogP contribution >= 0.6 is 0 Å². The molecule has 2 aromatic rings. The molecule has 0 radical (unpaired) electrons. The number of halogens is 3. The van der Waals surface area contributed by atoms with E-state index in [1.807, 2.05) is 0 Å². The quantitative estimate of drug-likeness (QED) is 0.913. The minimum absolute atomic E-state index is 0.236. The molecule has 1 aliphatic rings. The van der Waals surface area contributed by atoms with Crippen LogP contribution in [0.15, 0.2) is 18.3 Å². The smallest absolute Gasteiger partial charge is 0.352 e. The third-order valence-electron chi connectivity index (χ3n) is 3.50. The second kappa shape index (κ2) is 5.52. The molecule has 0 unspecified atom stereocenters. The van der Waals surface area contributed by atoms with E-state index in [0.717, 1.165) is 12.3 Å². The molecule has 3 rings (SSSR count). The van der Waals surface area contributed by atoms with Gasteiger partial charge in [-0.1, -0.05) is 0 Å². The first-order valence-electron chi connectivity index (χ1n) is 6.81. The minimum atomic E-state index is -4.41. The molecule has 2 aromatic heterocycles. The van der Waals surface area contributed by atoms with E-state index in [1.165, 1.54) is 6.07 Å². The number of aromatic nitrogens is 4. The lowest BCUT2D eigenvalue weighted by Gasteiger charge is -2.20. The zero-order chi connectivity index (χ0) is 16.6. The Hall–Kier alpha value is -2.65. The number of anilines is 1. The Balaban J connectivity index is 1.77. The molecule has 122 valence electrons. The molecule has 0 atom stereocenters. The highest BCUT2D eigenvalue weighted by Crippen LogP contribution is 2.29. The zero-order valence-corrected chi connectivity index (χ0v) is 12.1. The van der Waals surface area contributed by atoms with Crippen molar-refractivity contribution < 1.29 is 18.0 Å². The summed E-state index contributed by atoms with van der Waals surface area (Å²) in [7, 11) is 1.68. The number of nitrogens with zero attached hydrogens (tertiary/aromatic N) is 5. The summed E-state index contributed by atoms with van der Waals surface area (Å²) in [5.74, 6) is 0.875. The monoisotopic (exact) mass is 326 g/mol. The van der Waals surface area contributed by atoms with Gasteiger partial charge >= 0.3 is 6.18 Å². The van der Waals surface area contributed by atoms with Crippen molar-refractivity contribution in [2.45, 2.75) is 19.3 Å². The molecule has 0 fully saturated rings. The average Bonchev–Trinajstić information content (AvgIpc) is 2.91. The maximum absolute atomic E-state index is 12.5. The maximum Gasteiger partial charge on any atom is 0.417 e. The Bertz CT molecular complexity index is 724. The highest BCUT2D eigenvalue weighted by atomic mass is 19.4. The molecule has 1 aliphatic heterocycles. The Morgan fingerprint density at radius 2 is 2.13 bits per heavy atom. The molecule has 0 spiro atoms. The average molecular weight is 326 g/mol. The van der Waals surface area contributed by atoms with Gasteiger partial charge in [-0.3, -0.25) is 4.79 Å². The largest absolute Gasteiger partial charge is 0.417 e. The molecule has 23 heavy (non-hydrogen) atoms. The standard InChI is InChI=1S/C13H13F3N6O/c1-21(9-3-2-8(6-18-9)13(14,15)16)7-10-19-20-11-12(23)17-4-5-22(10)11/h2-3,6H,4-5,7H2,1H3,(H,17,23). The van der Waals surface area contributed by atoms with Crippen molar-refractivity contribution in [3.05, 3.63) is 35.5 Å². The maximum atomic E-state index is 12.5. The Morgan fingerprint density at radius 1 is 1.35 bits per heavy atom. The highest BCUT2D eigenvalue weighted by molar-refractivity contribution is 5.91. The lowest BCUT2D eigenvalue weighted by Crippen LogP contribution is -2.36. The van der Waals surface area contributed by atoms with Crippen molar-refractivity contribution in [2.24, 2.45) is 0 Å². The molecule has 0 aromatic carbocycles. The summed E-state index contributed by atoms with van der Waals surface area (Å²) in [6, 6.07) is 2.27. The Morgan fingerprint density at radius 3 is 2.78 bits per heavy atom. The number of fused-ring (bicyclic) bond motifs is 1. The van der Waals surface area contributed by atoms with Gasteiger partial charge in [0.05, 0.1) is 12.1 Å². The Kier molecular flexibility index (Phi) is 3.66. The lowest BCUT2D eigenvalue weighted by atomic mass is 10.2. The molecule has 7 nitrogen and oxygen atoms in total. The summed E-state index contributed by atoms with van der Waals surface area (Å²) in [5, 5.41) is 10.5. The van der Waals surface area contributed by atoms with Gasteiger partial charge in [-0.2, -0.15) is 13.2 Å². The van der Waals surface area contributed by atoms with E-state index in [1.54, 1.807) is 16.5 Å². The zero-order valence-electron chi connectivity index (χ0n) is 12.1. The van der Waals surface area contributed by atoms with Gasteiger partial charge in [0, 0.05) is 26.3 Å². The van der Waals surface area contributed by atoms with E-state index in [-0.39, 0.29) is 18.3 Å².